The lowest BCUT2D eigenvalue weighted by molar-refractivity contribution is 0.460. The Morgan fingerprint density at radius 2 is 2.10 bits per heavy atom. The third-order valence-corrected chi connectivity index (χ3v) is 6.04. The molecule has 0 saturated heterocycles. The van der Waals surface area contributed by atoms with Crippen LogP contribution >= 0.6 is 27.3 Å². The molecule has 0 bridgehead atoms. The second kappa shape index (κ2) is 5.80. The zero-order chi connectivity index (χ0) is 14.9. The van der Waals surface area contributed by atoms with Crippen molar-refractivity contribution in [2.45, 2.75) is 11.4 Å². The Labute approximate surface area is 129 Å². The first-order chi connectivity index (χ1) is 9.30. The second-order valence-electron chi connectivity index (χ2n) is 4.21. The van der Waals surface area contributed by atoms with Crippen LogP contribution in [0.15, 0.2) is 38.3 Å². The third kappa shape index (κ3) is 3.20. The van der Waals surface area contributed by atoms with Crippen LogP contribution in [0.5, 0.6) is 0 Å². The van der Waals surface area contributed by atoms with Crippen molar-refractivity contribution in [2.75, 3.05) is 12.8 Å². The molecule has 0 atom stereocenters. The van der Waals surface area contributed by atoms with Gasteiger partial charge in [0.05, 0.1) is 3.79 Å². The number of nitrogen functional groups attached to an aromatic ring is 1. The van der Waals surface area contributed by atoms with E-state index < -0.39 is 20.7 Å². The van der Waals surface area contributed by atoms with E-state index in [9.17, 15) is 12.8 Å². The van der Waals surface area contributed by atoms with Gasteiger partial charge in [0.1, 0.15) is 10.7 Å². The van der Waals surface area contributed by atoms with Crippen LogP contribution in [0.3, 0.4) is 0 Å². The van der Waals surface area contributed by atoms with Gasteiger partial charge in [-0.05, 0) is 51.1 Å². The van der Waals surface area contributed by atoms with Crippen molar-refractivity contribution in [3.8, 4) is 0 Å². The highest BCUT2D eigenvalue weighted by molar-refractivity contribution is 9.11. The molecule has 20 heavy (non-hydrogen) atoms. The number of rotatable bonds is 4. The molecule has 2 N–H and O–H groups in total. The van der Waals surface area contributed by atoms with E-state index in [1.807, 2.05) is 11.4 Å². The summed E-state index contributed by atoms with van der Waals surface area (Å²) in [4.78, 5) is -0.408. The van der Waals surface area contributed by atoms with Gasteiger partial charge in [0.15, 0.2) is 0 Å². The first-order valence-corrected chi connectivity index (χ1v) is 8.66. The Balaban J connectivity index is 2.32. The topological polar surface area (TPSA) is 63.4 Å². The molecule has 1 aromatic carbocycles. The van der Waals surface area contributed by atoms with Gasteiger partial charge in [-0.3, -0.25) is 0 Å². The molecule has 1 heterocycles. The van der Waals surface area contributed by atoms with Gasteiger partial charge in [-0.1, -0.05) is 0 Å². The Morgan fingerprint density at radius 1 is 1.40 bits per heavy atom. The van der Waals surface area contributed by atoms with Crippen LogP contribution in [0.25, 0.3) is 0 Å². The third-order valence-electron chi connectivity index (χ3n) is 2.67. The van der Waals surface area contributed by atoms with Crippen molar-refractivity contribution in [3.05, 3.63) is 44.8 Å². The zero-order valence-electron chi connectivity index (χ0n) is 10.5. The fourth-order valence-corrected chi connectivity index (χ4v) is 4.11. The van der Waals surface area contributed by atoms with Gasteiger partial charge < -0.3 is 5.73 Å². The molecular weight excluding hydrogens is 367 g/mol. The fourth-order valence-electron chi connectivity index (χ4n) is 1.66. The van der Waals surface area contributed by atoms with Gasteiger partial charge in [0.25, 0.3) is 0 Å². The largest absolute Gasteiger partial charge is 0.399 e. The molecule has 0 aliphatic heterocycles. The maximum absolute atomic E-state index is 13.7. The fraction of sp³-hybridized carbons (Fsp3) is 0.167. The van der Waals surface area contributed by atoms with E-state index in [1.54, 1.807) is 0 Å². The molecule has 4 nitrogen and oxygen atoms in total. The predicted molar refractivity (Wildman–Crippen MR) is 81.5 cm³/mol. The normalized spacial score (nSPS) is 12.0. The summed E-state index contributed by atoms with van der Waals surface area (Å²) >= 11 is 4.77. The van der Waals surface area contributed by atoms with Crippen molar-refractivity contribution in [2.24, 2.45) is 0 Å². The molecule has 0 unspecified atom stereocenters. The summed E-state index contributed by atoms with van der Waals surface area (Å²) in [5, 5.41) is 1.84. The highest BCUT2D eigenvalue weighted by Crippen LogP contribution is 2.25. The molecule has 0 amide bonds. The summed E-state index contributed by atoms with van der Waals surface area (Å²) in [5.41, 5.74) is 6.56. The van der Waals surface area contributed by atoms with E-state index in [4.69, 9.17) is 5.73 Å². The second-order valence-corrected chi connectivity index (χ2v) is 8.51. The predicted octanol–water partition coefficient (Wildman–Crippen LogP) is 3.05. The van der Waals surface area contributed by atoms with E-state index in [0.717, 1.165) is 25.8 Å². The Kier molecular flexibility index (Phi) is 4.48. The molecule has 0 aliphatic rings. The monoisotopic (exact) mass is 378 g/mol. The van der Waals surface area contributed by atoms with Gasteiger partial charge in [0.2, 0.25) is 10.0 Å². The summed E-state index contributed by atoms with van der Waals surface area (Å²) in [5.74, 6) is -0.808. The van der Waals surface area contributed by atoms with Crippen LogP contribution in [0, 0.1) is 5.82 Å². The molecular formula is C12H12BrFN2O2S2. The number of benzene rings is 1. The standard InChI is InChI=1S/C12H12BrFN2O2S2/c1-16(6-8-4-12(13)19-7-8)20(17,18)11-5-9(15)2-3-10(11)14/h2-5,7H,6,15H2,1H3. The van der Waals surface area contributed by atoms with Crippen LogP contribution in [-0.2, 0) is 16.6 Å². The van der Waals surface area contributed by atoms with Crippen LogP contribution in [0.1, 0.15) is 5.56 Å². The molecule has 0 fully saturated rings. The number of thiophene rings is 1. The van der Waals surface area contributed by atoms with E-state index in [1.165, 1.54) is 24.5 Å². The summed E-state index contributed by atoms with van der Waals surface area (Å²) < 4.78 is 40.4. The Morgan fingerprint density at radius 3 is 2.70 bits per heavy atom. The lowest BCUT2D eigenvalue weighted by Crippen LogP contribution is -2.27. The van der Waals surface area contributed by atoms with Crippen LogP contribution in [-0.4, -0.2) is 19.8 Å². The smallest absolute Gasteiger partial charge is 0.246 e. The van der Waals surface area contributed by atoms with Crippen LogP contribution < -0.4 is 5.73 Å². The summed E-state index contributed by atoms with van der Waals surface area (Å²) in [6.45, 7) is 0.165. The highest BCUT2D eigenvalue weighted by atomic mass is 79.9. The van der Waals surface area contributed by atoms with Gasteiger partial charge in [-0.25, -0.2) is 12.8 Å². The maximum Gasteiger partial charge on any atom is 0.246 e. The molecule has 0 saturated carbocycles. The Bertz CT molecular complexity index is 731. The lowest BCUT2D eigenvalue weighted by Gasteiger charge is -2.17. The van der Waals surface area contributed by atoms with Crippen LogP contribution in [0.2, 0.25) is 0 Å². The zero-order valence-corrected chi connectivity index (χ0v) is 13.7. The van der Waals surface area contributed by atoms with E-state index in [-0.39, 0.29) is 12.2 Å². The minimum Gasteiger partial charge on any atom is -0.399 e. The van der Waals surface area contributed by atoms with E-state index in [0.29, 0.717) is 0 Å². The van der Waals surface area contributed by atoms with E-state index >= 15 is 0 Å². The van der Waals surface area contributed by atoms with E-state index in [2.05, 4.69) is 15.9 Å². The van der Waals surface area contributed by atoms with Crippen molar-refractivity contribution in [1.29, 1.82) is 0 Å². The summed E-state index contributed by atoms with van der Waals surface area (Å²) in [6, 6.07) is 5.33. The first kappa shape index (κ1) is 15.4. The molecule has 108 valence electrons. The highest BCUT2D eigenvalue weighted by Gasteiger charge is 2.25. The number of nitrogens with zero attached hydrogens (tertiary/aromatic N) is 1. The number of hydrogen-bond acceptors (Lipinski definition) is 4. The van der Waals surface area contributed by atoms with Crippen molar-refractivity contribution >= 4 is 43.0 Å². The van der Waals surface area contributed by atoms with Gasteiger partial charge >= 0.3 is 0 Å². The van der Waals surface area contributed by atoms with Gasteiger partial charge in [-0.2, -0.15) is 4.31 Å². The number of halogens is 2. The lowest BCUT2D eigenvalue weighted by atomic mass is 10.3. The average Bonchev–Trinajstić information content (AvgIpc) is 2.77. The summed E-state index contributed by atoms with van der Waals surface area (Å²) in [6.07, 6.45) is 0. The summed E-state index contributed by atoms with van der Waals surface area (Å²) in [7, 11) is -2.51. The van der Waals surface area contributed by atoms with Crippen molar-refractivity contribution in [1.82, 2.24) is 4.31 Å². The van der Waals surface area contributed by atoms with Gasteiger partial charge in [0, 0.05) is 19.3 Å². The van der Waals surface area contributed by atoms with Crippen molar-refractivity contribution in [3.63, 3.8) is 0 Å². The minimum absolute atomic E-state index is 0.165. The number of sulfonamides is 1. The molecule has 0 spiro atoms. The number of anilines is 1. The maximum atomic E-state index is 13.7. The number of nitrogens with two attached hydrogens (primary N) is 1. The SMILES string of the molecule is CN(Cc1csc(Br)c1)S(=O)(=O)c1cc(N)ccc1F. The van der Waals surface area contributed by atoms with Gasteiger partial charge in [-0.15, -0.1) is 11.3 Å². The Hall–Kier alpha value is -0.960. The molecule has 2 rings (SSSR count). The number of hydrogen-bond donors (Lipinski definition) is 1. The van der Waals surface area contributed by atoms with Crippen LogP contribution in [0.4, 0.5) is 10.1 Å². The molecule has 0 aliphatic carbocycles. The molecule has 1 aromatic heterocycles. The van der Waals surface area contributed by atoms with Crippen molar-refractivity contribution < 1.29 is 12.8 Å². The molecule has 2 aromatic rings. The molecule has 0 radical (unpaired) electrons. The average molecular weight is 379 g/mol. The molecule has 8 heteroatoms. The first-order valence-electron chi connectivity index (χ1n) is 5.55. The minimum atomic E-state index is -3.91. The quantitative estimate of drug-likeness (QED) is 0.831.